The zero-order valence-electron chi connectivity index (χ0n) is 15.4. The van der Waals surface area contributed by atoms with Crippen molar-refractivity contribution in [1.29, 1.82) is 0 Å². The highest BCUT2D eigenvalue weighted by atomic mass is 16.5. The molecule has 1 aromatic heterocycles. The van der Waals surface area contributed by atoms with E-state index in [-0.39, 0.29) is 24.0 Å². The van der Waals surface area contributed by atoms with E-state index < -0.39 is 0 Å². The molecular weight excluding hydrogens is 322 g/mol. The number of aliphatic hydroxyl groups is 1. The number of carbonyl (C=O) groups is 1. The molecule has 0 radical (unpaired) electrons. The summed E-state index contributed by atoms with van der Waals surface area (Å²) in [5.41, 5.74) is 0.214. The number of methoxy groups -OCH3 is 1. The minimum atomic E-state index is -0.197. The van der Waals surface area contributed by atoms with Crippen LogP contribution in [0.1, 0.15) is 16.8 Å². The van der Waals surface area contributed by atoms with Crippen molar-refractivity contribution in [2.45, 2.75) is 6.42 Å². The van der Waals surface area contributed by atoms with E-state index in [0.717, 1.165) is 19.5 Å². The quantitative estimate of drug-likeness (QED) is 0.750. The van der Waals surface area contributed by atoms with Gasteiger partial charge in [0.15, 0.2) is 0 Å². The Balaban J connectivity index is 2.06. The Morgan fingerprint density at radius 2 is 2.12 bits per heavy atom. The van der Waals surface area contributed by atoms with Crippen LogP contribution < -0.4 is 5.56 Å². The number of aryl methyl sites for hydroxylation is 1. The smallest absolute Gasteiger partial charge is 0.254 e. The first-order valence-electron chi connectivity index (χ1n) is 8.68. The molecule has 0 spiro atoms. The van der Waals surface area contributed by atoms with Crippen molar-refractivity contribution in [3.8, 4) is 0 Å². The summed E-state index contributed by atoms with van der Waals surface area (Å²) >= 11 is 0. The third-order valence-corrected chi connectivity index (χ3v) is 4.77. The Morgan fingerprint density at radius 3 is 2.76 bits per heavy atom. The lowest BCUT2D eigenvalue weighted by atomic mass is 9.89. The second-order valence-electron chi connectivity index (χ2n) is 6.98. The maximum Gasteiger partial charge on any atom is 0.254 e. The average molecular weight is 351 g/mol. The van der Waals surface area contributed by atoms with Crippen molar-refractivity contribution in [3.05, 3.63) is 34.2 Å². The van der Waals surface area contributed by atoms with Gasteiger partial charge in [0.1, 0.15) is 0 Å². The summed E-state index contributed by atoms with van der Waals surface area (Å²) in [7, 11) is 5.38. The number of piperidine rings is 1. The summed E-state index contributed by atoms with van der Waals surface area (Å²) in [6.45, 7) is 3.59. The number of hydrogen-bond acceptors (Lipinski definition) is 5. The minimum absolute atomic E-state index is 0.0681. The molecule has 2 heterocycles. The molecule has 1 saturated heterocycles. The Kier molecular flexibility index (Phi) is 7.16. The highest BCUT2D eigenvalue weighted by Gasteiger charge is 2.30. The number of hydrogen-bond donors (Lipinski definition) is 1. The molecule has 0 aromatic carbocycles. The van der Waals surface area contributed by atoms with Crippen LogP contribution in [-0.2, 0) is 11.8 Å². The van der Waals surface area contributed by atoms with Crippen LogP contribution in [0.2, 0.25) is 0 Å². The van der Waals surface area contributed by atoms with Crippen LogP contribution in [0.5, 0.6) is 0 Å². The first-order valence-corrected chi connectivity index (χ1v) is 8.68. The van der Waals surface area contributed by atoms with E-state index >= 15 is 0 Å². The van der Waals surface area contributed by atoms with Crippen LogP contribution >= 0.6 is 0 Å². The summed E-state index contributed by atoms with van der Waals surface area (Å²) in [4.78, 5) is 28.5. The number of nitrogens with zero attached hydrogens (tertiary/aromatic N) is 3. The monoisotopic (exact) mass is 351 g/mol. The maximum atomic E-state index is 12.8. The lowest BCUT2D eigenvalue weighted by Crippen LogP contribution is -2.48. The molecule has 140 valence electrons. The van der Waals surface area contributed by atoms with Gasteiger partial charge in [-0.15, -0.1) is 0 Å². The lowest BCUT2D eigenvalue weighted by molar-refractivity contribution is 0.0450. The van der Waals surface area contributed by atoms with E-state index in [9.17, 15) is 14.7 Å². The normalized spacial score (nSPS) is 20.9. The fourth-order valence-electron chi connectivity index (χ4n) is 3.39. The Morgan fingerprint density at radius 1 is 1.40 bits per heavy atom. The molecule has 1 fully saturated rings. The van der Waals surface area contributed by atoms with E-state index in [1.54, 1.807) is 31.3 Å². The number of ether oxygens (including phenoxy) is 1. The van der Waals surface area contributed by atoms with Crippen LogP contribution in [0.4, 0.5) is 0 Å². The summed E-state index contributed by atoms with van der Waals surface area (Å²) in [5, 5.41) is 9.61. The molecule has 7 nitrogen and oxygen atoms in total. The largest absolute Gasteiger partial charge is 0.396 e. The van der Waals surface area contributed by atoms with Crippen LogP contribution in [0.25, 0.3) is 0 Å². The SMILES string of the molecule is COCCN(C)C[C@H]1C[C@H](CO)CN(C(=O)c2ccn(C)c(=O)c2)C1. The molecule has 1 amide bonds. The number of amides is 1. The molecular formula is C18H29N3O4. The molecule has 1 aliphatic heterocycles. The second kappa shape index (κ2) is 9.12. The molecule has 0 unspecified atom stereocenters. The molecule has 0 aliphatic carbocycles. The molecule has 0 bridgehead atoms. The van der Waals surface area contributed by atoms with Crippen molar-refractivity contribution in [1.82, 2.24) is 14.4 Å². The third kappa shape index (κ3) is 5.39. The van der Waals surface area contributed by atoms with Crippen LogP contribution in [0.3, 0.4) is 0 Å². The number of pyridine rings is 1. The number of rotatable bonds is 7. The summed E-state index contributed by atoms with van der Waals surface area (Å²) in [5.74, 6) is 0.230. The van der Waals surface area contributed by atoms with E-state index in [1.165, 1.54) is 10.6 Å². The molecule has 1 aliphatic rings. The third-order valence-electron chi connectivity index (χ3n) is 4.77. The number of aliphatic hydroxyl groups excluding tert-OH is 1. The van der Waals surface area contributed by atoms with Gasteiger partial charge in [0.2, 0.25) is 0 Å². The highest BCUT2D eigenvalue weighted by molar-refractivity contribution is 5.94. The van der Waals surface area contributed by atoms with Gasteiger partial charge in [-0.2, -0.15) is 0 Å². The van der Waals surface area contributed by atoms with Gasteiger partial charge in [-0.05, 0) is 31.4 Å². The fraction of sp³-hybridized carbons (Fsp3) is 0.667. The predicted octanol–water partition coefficient (Wildman–Crippen LogP) is 0.0341. The zero-order chi connectivity index (χ0) is 18.4. The summed E-state index contributed by atoms with van der Waals surface area (Å²) < 4.78 is 6.55. The maximum absolute atomic E-state index is 12.8. The predicted molar refractivity (Wildman–Crippen MR) is 95.6 cm³/mol. The average Bonchev–Trinajstić information content (AvgIpc) is 2.61. The molecule has 1 aromatic rings. The van der Waals surface area contributed by atoms with E-state index in [0.29, 0.717) is 31.2 Å². The number of aromatic nitrogens is 1. The molecule has 2 rings (SSSR count). The Hall–Kier alpha value is -1.70. The van der Waals surface area contributed by atoms with Gasteiger partial charge in [0.05, 0.1) is 6.61 Å². The summed E-state index contributed by atoms with van der Waals surface area (Å²) in [6.07, 6.45) is 2.51. The van der Waals surface area contributed by atoms with Gasteiger partial charge in [0, 0.05) is 64.8 Å². The topological polar surface area (TPSA) is 75.0 Å². The van der Waals surface area contributed by atoms with Crippen LogP contribution in [0, 0.1) is 11.8 Å². The first kappa shape index (κ1) is 19.6. The highest BCUT2D eigenvalue weighted by Crippen LogP contribution is 2.23. The van der Waals surface area contributed by atoms with Gasteiger partial charge < -0.3 is 24.2 Å². The molecule has 25 heavy (non-hydrogen) atoms. The van der Waals surface area contributed by atoms with Crippen molar-refractivity contribution in [3.63, 3.8) is 0 Å². The number of likely N-dealkylation sites (N-methyl/N-ethyl adjacent to an activating group) is 1. The molecule has 2 atom stereocenters. The van der Waals surface area contributed by atoms with E-state index in [4.69, 9.17) is 4.74 Å². The second-order valence-corrected chi connectivity index (χ2v) is 6.98. The summed E-state index contributed by atoms with van der Waals surface area (Å²) in [6, 6.07) is 3.05. The van der Waals surface area contributed by atoms with Crippen molar-refractivity contribution in [2.75, 3.05) is 53.6 Å². The fourth-order valence-corrected chi connectivity index (χ4v) is 3.39. The van der Waals surface area contributed by atoms with Crippen molar-refractivity contribution < 1.29 is 14.6 Å². The van der Waals surface area contributed by atoms with Crippen molar-refractivity contribution in [2.24, 2.45) is 18.9 Å². The van der Waals surface area contributed by atoms with Gasteiger partial charge in [-0.1, -0.05) is 0 Å². The van der Waals surface area contributed by atoms with E-state index in [1.807, 2.05) is 7.05 Å². The molecule has 1 N–H and O–H groups in total. The van der Waals surface area contributed by atoms with Gasteiger partial charge in [-0.25, -0.2) is 0 Å². The minimum Gasteiger partial charge on any atom is -0.396 e. The Bertz CT molecular complexity index is 631. The Labute approximate surface area is 148 Å². The number of likely N-dealkylation sites (tertiary alicyclic amines) is 1. The van der Waals surface area contributed by atoms with Crippen LogP contribution in [0.15, 0.2) is 23.1 Å². The van der Waals surface area contributed by atoms with Gasteiger partial charge in [0.25, 0.3) is 11.5 Å². The van der Waals surface area contributed by atoms with Crippen molar-refractivity contribution >= 4 is 5.91 Å². The first-order chi connectivity index (χ1) is 11.9. The van der Waals surface area contributed by atoms with E-state index in [2.05, 4.69) is 4.90 Å². The van der Waals surface area contributed by atoms with Crippen LogP contribution in [-0.4, -0.2) is 78.9 Å². The zero-order valence-corrected chi connectivity index (χ0v) is 15.4. The van der Waals surface area contributed by atoms with Gasteiger partial charge in [-0.3, -0.25) is 9.59 Å². The van der Waals surface area contributed by atoms with Gasteiger partial charge >= 0.3 is 0 Å². The molecule has 7 heteroatoms. The molecule has 0 saturated carbocycles. The number of carbonyl (C=O) groups excluding carboxylic acids is 1. The standard InChI is InChI=1S/C18H29N3O4/c1-19(6-7-25-3)10-14-8-15(13-22)12-21(11-14)18(24)16-4-5-20(2)17(23)9-16/h4-5,9,14-15,22H,6-8,10-13H2,1-3H3/t14-,15+/m1/s1. The lowest BCUT2D eigenvalue weighted by Gasteiger charge is -2.38.